The van der Waals surface area contributed by atoms with Gasteiger partial charge in [0.05, 0.1) is 11.0 Å². The Labute approximate surface area is 123 Å². The van der Waals surface area contributed by atoms with E-state index in [1.165, 1.54) is 0 Å². The minimum Gasteiger partial charge on any atom is -0.454 e. The molecule has 0 radical (unpaired) electrons. The van der Waals surface area contributed by atoms with Crippen LogP contribution in [0, 0.1) is 6.92 Å². The molecule has 0 bridgehead atoms. The molecular weight excluding hydrogens is 320 g/mol. The Hall–Kier alpha value is -2.01. The standard InChI is InChI=1S/C15H11BrN2O2/c1-8-4-10(16)6-11-14(8)18-15(17-11)9-2-3-12-13(5-9)20-7-19-12/h2-6H,7H2,1H3,(H,17,18). The average molecular weight is 331 g/mol. The summed E-state index contributed by atoms with van der Waals surface area (Å²) in [7, 11) is 0. The second-order valence-corrected chi connectivity index (χ2v) is 5.69. The van der Waals surface area contributed by atoms with Gasteiger partial charge in [-0.2, -0.15) is 0 Å². The van der Waals surface area contributed by atoms with Gasteiger partial charge in [-0.15, -0.1) is 0 Å². The zero-order chi connectivity index (χ0) is 13.7. The molecule has 2 heterocycles. The van der Waals surface area contributed by atoms with Crippen LogP contribution in [-0.2, 0) is 0 Å². The van der Waals surface area contributed by atoms with Gasteiger partial charge in [0.15, 0.2) is 11.5 Å². The molecule has 0 spiro atoms. The van der Waals surface area contributed by atoms with Gasteiger partial charge in [0, 0.05) is 10.0 Å². The molecule has 1 N–H and O–H groups in total. The number of rotatable bonds is 1. The first-order valence-corrected chi connectivity index (χ1v) is 7.06. The summed E-state index contributed by atoms with van der Waals surface area (Å²) >= 11 is 3.51. The smallest absolute Gasteiger partial charge is 0.231 e. The number of aryl methyl sites for hydroxylation is 1. The molecule has 1 aromatic heterocycles. The summed E-state index contributed by atoms with van der Waals surface area (Å²) in [4.78, 5) is 8.02. The molecular formula is C15H11BrN2O2. The van der Waals surface area contributed by atoms with E-state index in [4.69, 9.17) is 9.47 Å². The molecule has 3 aromatic rings. The van der Waals surface area contributed by atoms with E-state index in [0.29, 0.717) is 0 Å². The van der Waals surface area contributed by atoms with Crippen LogP contribution in [0.3, 0.4) is 0 Å². The first-order chi connectivity index (χ1) is 9.70. The van der Waals surface area contributed by atoms with Crippen molar-refractivity contribution >= 4 is 27.0 Å². The fourth-order valence-corrected chi connectivity index (χ4v) is 3.00. The normalized spacial score (nSPS) is 13.1. The molecule has 1 aliphatic rings. The average Bonchev–Trinajstić information content (AvgIpc) is 3.03. The van der Waals surface area contributed by atoms with Crippen LogP contribution in [-0.4, -0.2) is 16.8 Å². The SMILES string of the molecule is Cc1cc(Br)cc2[nH]c(-c3ccc4c(c3)OCO4)nc12. The number of aromatic amines is 1. The zero-order valence-electron chi connectivity index (χ0n) is 10.7. The maximum Gasteiger partial charge on any atom is 0.231 e. The van der Waals surface area contributed by atoms with E-state index >= 15 is 0 Å². The van der Waals surface area contributed by atoms with Crippen LogP contribution in [0.25, 0.3) is 22.4 Å². The largest absolute Gasteiger partial charge is 0.454 e. The molecule has 0 atom stereocenters. The van der Waals surface area contributed by atoms with Crippen molar-refractivity contribution < 1.29 is 9.47 Å². The van der Waals surface area contributed by atoms with E-state index in [9.17, 15) is 0 Å². The molecule has 0 unspecified atom stereocenters. The number of imidazole rings is 1. The quantitative estimate of drug-likeness (QED) is 0.732. The summed E-state index contributed by atoms with van der Waals surface area (Å²) in [6, 6.07) is 9.94. The van der Waals surface area contributed by atoms with Crippen molar-refractivity contribution in [2.75, 3.05) is 6.79 Å². The van der Waals surface area contributed by atoms with Crippen molar-refractivity contribution in [3.05, 3.63) is 40.4 Å². The second kappa shape index (κ2) is 4.24. The fourth-order valence-electron chi connectivity index (χ4n) is 2.43. The van der Waals surface area contributed by atoms with E-state index in [0.717, 1.165) is 44.0 Å². The Morgan fingerprint density at radius 1 is 1.15 bits per heavy atom. The predicted octanol–water partition coefficient (Wildman–Crippen LogP) is 4.03. The monoisotopic (exact) mass is 330 g/mol. The molecule has 4 rings (SSSR count). The van der Waals surface area contributed by atoms with Crippen LogP contribution < -0.4 is 9.47 Å². The highest BCUT2D eigenvalue weighted by Gasteiger charge is 2.15. The van der Waals surface area contributed by atoms with Crippen LogP contribution in [0.5, 0.6) is 11.5 Å². The van der Waals surface area contributed by atoms with Crippen molar-refractivity contribution in [2.45, 2.75) is 6.92 Å². The van der Waals surface area contributed by atoms with Gasteiger partial charge >= 0.3 is 0 Å². The summed E-state index contributed by atoms with van der Waals surface area (Å²) in [5.41, 5.74) is 4.13. The number of fused-ring (bicyclic) bond motifs is 2. The lowest BCUT2D eigenvalue weighted by atomic mass is 10.2. The molecule has 0 saturated heterocycles. The highest BCUT2D eigenvalue weighted by Crippen LogP contribution is 2.36. The second-order valence-electron chi connectivity index (χ2n) is 4.77. The van der Waals surface area contributed by atoms with Gasteiger partial charge < -0.3 is 14.5 Å². The molecule has 0 fully saturated rings. The Balaban J connectivity index is 1.88. The van der Waals surface area contributed by atoms with Gasteiger partial charge in [-0.05, 0) is 42.8 Å². The molecule has 1 aliphatic heterocycles. The maximum atomic E-state index is 5.41. The Morgan fingerprint density at radius 2 is 2.00 bits per heavy atom. The number of hydrogen-bond acceptors (Lipinski definition) is 3. The summed E-state index contributed by atoms with van der Waals surface area (Å²) < 4.78 is 11.8. The number of nitrogens with one attached hydrogen (secondary N) is 1. The van der Waals surface area contributed by atoms with Gasteiger partial charge in [0.25, 0.3) is 0 Å². The van der Waals surface area contributed by atoms with Crippen molar-refractivity contribution in [2.24, 2.45) is 0 Å². The third kappa shape index (κ3) is 1.78. The molecule has 20 heavy (non-hydrogen) atoms. The zero-order valence-corrected chi connectivity index (χ0v) is 12.3. The summed E-state index contributed by atoms with van der Waals surface area (Å²) in [5.74, 6) is 2.38. The number of nitrogens with zero attached hydrogens (tertiary/aromatic N) is 1. The number of hydrogen-bond donors (Lipinski definition) is 1. The van der Waals surface area contributed by atoms with Crippen LogP contribution >= 0.6 is 15.9 Å². The summed E-state index contributed by atoms with van der Waals surface area (Å²) in [5, 5.41) is 0. The van der Waals surface area contributed by atoms with E-state index in [1.807, 2.05) is 24.3 Å². The van der Waals surface area contributed by atoms with Crippen molar-refractivity contribution in [1.82, 2.24) is 9.97 Å². The number of halogens is 1. The van der Waals surface area contributed by atoms with Crippen molar-refractivity contribution in [1.29, 1.82) is 0 Å². The van der Waals surface area contributed by atoms with Gasteiger partial charge in [-0.1, -0.05) is 15.9 Å². The Kier molecular flexibility index (Phi) is 2.50. The van der Waals surface area contributed by atoms with Gasteiger partial charge in [-0.3, -0.25) is 0 Å². The first-order valence-electron chi connectivity index (χ1n) is 6.26. The van der Waals surface area contributed by atoms with E-state index in [2.05, 4.69) is 38.9 Å². The summed E-state index contributed by atoms with van der Waals surface area (Å²) in [6.07, 6.45) is 0. The van der Waals surface area contributed by atoms with Gasteiger partial charge in [0.2, 0.25) is 6.79 Å². The lowest BCUT2D eigenvalue weighted by Crippen LogP contribution is -1.92. The molecule has 5 heteroatoms. The van der Waals surface area contributed by atoms with Crippen LogP contribution in [0.1, 0.15) is 5.56 Å². The van der Waals surface area contributed by atoms with E-state index in [-0.39, 0.29) is 6.79 Å². The number of ether oxygens (including phenoxy) is 2. The topological polar surface area (TPSA) is 47.1 Å². The Bertz CT molecular complexity index is 826. The van der Waals surface area contributed by atoms with Crippen LogP contribution in [0.4, 0.5) is 0 Å². The predicted molar refractivity (Wildman–Crippen MR) is 80.1 cm³/mol. The number of H-pyrrole nitrogens is 1. The first kappa shape index (κ1) is 11.8. The van der Waals surface area contributed by atoms with Gasteiger partial charge in [0.1, 0.15) is 5.82 Å². The molecule has 100 valence electrons. The third-order valence-corrected chi connectivity index (χ3v) is 3.85. The lowest BCUT2D eigenvalue weighted by molar-refractivity contribution is 0.174. The Morgan fingerprint density at radius 3 is 2.90 bits per heavy atom. The summed E-state index contributed by atoms with van der Waals surface area (Å²) in [6.45, 7) is 2.34. The lowest BCUT2D eigenvalue weighted by Gasteiger charge is -1.99. The fraction of sp³-hybridized carbons (Fsp3) is 0.133. The van der Waals surface area contributed by atoms with Crippen molar-refractivity contribution in [3.63, 3.8) is 0 Å². The minimum atomic E-state index is 0.283. The molecule has 2 aromatic carbocycles. The molecule has 0 saturated carbocycles. The maximum absolute atomic E-state index is 5.41. The van der Waals surface area contributed by atoms with Gasteiger partial charge in [-0.25, -0.2) is 4.98 Å². The highest BCUT2D eigenvalue weighted by atomic mass is 79.9. The molecule has 4 nitrogen and oxygen atoms in total. The number of aromatic nitrogens is 2. The highest BCUT2D eigenvalue weighted by molar-refractivity contribution is 9.10. The minimum absolute atomic E-state index is 0.283. The van der Waals surface area contributed by atoms with Crippen LogP contribution in [0.2, 0.25) is 0 Å². The van der Waals surface area contributed by atoms with Crippen LogP contribution in [0.15, 0.2) is 34.8 Å². The third-order valence-electron chi connectivity index (χ3n) is 3.39. The van der Waals surface area contributed by atoms with Crippen molar-refractivity contribution in [3.8, 4) is 22.9 Å². The van der Waals surface area contributed by atoms with E-state index in [1.54, 1.807) is 0 Å². The number of benzene rings is 2. The molecule has 0 amide bonds. The van der Waals surface area contributed by atoms with E-state index < -0.39 is 0 Å². The molecule has 0 aliphatic carbocycles.